The number of anilines is 1. The van der Waals surface area contributed by atoms with E-state index in [1.54, 1.807) is 28.8 Å². The van der Waals surface area contributed by atoms with E-state index in [9.17, 15) is 4.39 Å². The Kier molecular flexibility index (Phi) is 3.51. The molecule has 1 aromatic heterocycles. The fraction of sp³-hybridized carbons (Fsp3) is 0.0714. The third-order valence-electron chi connectivity index (χ3n) is 3.12. The number of nitrogen functional groups attached to an aromatic ring is 1. The Bertz CT molecular complexity index is 850. The quantitative estimate of drug-likeness (QED) is 0.736. The summed E-state index contributed by atoms with van der Waals surface area (Å²) in [6.45, 7) is 0. The van der Waals surface area contributed by atoms with E-state index in [1.807, 2.05) is 0 Å². The third-order valence-corrected chi connectivity index (χ3v) is 4.02. The average Bonchev–Trinajstić information content (AvgIpc) is 2.74. The maximum absolute atomic E-state index is 13.8. The number of nitrogens with two attached hydrogens (primary N) is 1. The highest BCUT2D eigenvalue weighted by Gasteiger charge is 2.14. The Balaban J connectivity index is 2.27. The Labute approximate surface area is 133 Å². The molecule has 0 saturated carbocycles. The molecule has 0 saturated heterocycles. The first kappa shape index (κ1) is 14.2. The molecule has 0 aliphatic rings. The molecule has 2 N–H and O–H groups in total. The van der Waals surface area contributed by atoms with E-state index in [0.29, 0.717) is 32.0 Å². The second-order valence-electron chi connectivity index (χ2n) is 4.38. The molecule has 0 aliphatic carbocycles. The molecule has 108 valence electrons. The average molecular weight is 371 g/mol. The van der Waals surface area contributed by atoms with Crippen molar-refractivity contribution in [1.29, 1.82) is 0 Å². The lowest BCUT2D eigenvalue weighted by Gasteiger charge is -2.09. The van der Waals surface area contributed by atoms with Crippen LogP contribution in [0.25, 0.3) is 16.7 Å². The molecule has 0 aliphatic heterocycles. The van der Waals surface area contributed by atoms with Crippen LogP contribution >= 0.6 is 27.5 Å². The number of rotatable bonds is 2. The summed E-state index contributed by atoms with van der Waals surface area (Å²) >= 11 is 9.26. The maximum atomic E-state index is 13.8. The van der Waals surface area contributed by atoms with Crippen LogP contribution in [0.3, 0.4) is 0 Å². The zero-order chi connectivity index (χ0) is 15.1. The third kappa shape index (κ3) is 2.34. The summed E-state index contributed by atoms with van der Waals surface area (Å²) in [5.74, 6) is 0.421. The van der Waals surface area contributed by atoms with Crippen molar-refractivity contribution in [3.05, 3.63) is 45.6 Å². The topological polar surface area (TPSA) is 53.1 Å². The summed E-state index contributed by atoms with van der Waals surface area (Å²) in [5, 5.41) is 0.439. The lowest BCUT2D eigenvalue weighted by Crippen LogP contribution is -2.01. The molecule has 3 rings (SSSR count). The van der Waals surface area contributed by atoms with E-state index >= 15 is 0 Å². The summed E-state index contributed by atoms with van der Waals surface area (Å²) in [7, 11) is 1.54. The number of aromatic nitrogens is 2. The van der Waals surface area contributed by atoms with Crippen molar-refractivity contribution in [1.82, 2.24) is 9.55 Å². The number of imidazole rings is 1. The normalized spacial score (nSPS) is 11.0. The number of fused-ring (bicyclic) bond motifs is 1. The second-order valence-corrected chi connectivity index (χ2v) is 5.64. The lowest BCUT2D eigenvalue weighted by molar-refractivity contribution is 0.415. The van der Waals surface area contributed by atoms with Crippen molar-refractivity contribution in [3.63, 3.8) is 0 Å². The summed E-state index contributed by atoms with van der Waals surface area (Å²) in [5.41, 5.74) is 7.78. The highest BCUT2D eigenvalue weighted by Crippen LogP contribution is 2.31. The molecule has 7 heteroatoms. The molecule has 3 aromatic rings. The molecule has 0 amide bonds. The highest BCUT2D eigenvalue weighted by atomic mass is 79.9. The summed E-state index contributed by atoms with van der Waals surface area (Å²) in [4.78, 5) is 4.23. The molecule has 0 fully saturated rings. The van der Waals surface area contributed by atoms with Gasteiger partial charge in [0.05, 0.1) is 33.3 Å². The van der Waals surface area contributed by atoms with Crippen LogP contribution < -0.4 is 10.5 Å². The number of ether oxygens (including phenoxy) is 1. The van der Waals surface area contributed by atoms with E-state index in [2.05, 4.69) is 20.9 Å². The van der Waals surface area contributed by atoms with Gasteiger partial charge >= 0.3 is 0 Å². The van der Waals surface area contributed by atoms with Gasteiger partial charge in [-0.1, -0.05) is 11.6 Å². The molecule has 0 atom stereocenters. The molecule has 0 unspecified atom stereocenters. The molecule has 4 nitrogen and oxygen atoms in total. The minimum Gasteiger partial charge on any atom is -0.495 e. The summed E-state index contributed by atoms with van der Waals surface area (Å²) < 4.78 is 20.9. The van der Waals surface area contributed by atoms with Crippen LogP contribution in [0, 0.1) is 5.82 Å². The predicted octanol–water partition coefficient (Wildman–Crippen LogP) is 4.17. The lowest BCUT2D eigenvalue weighted by atomic mass is 10.2. The standard InChI is InChI=1S/C14H10BrClFN3O/c1-21-13-3-2-7(4-9(13)16)20-12-6-10(17)8(15)5-11(12)19-14(20)18/h2-6H,1H3,(H2,18,19). The zero-order valence-electron chi connectivity index (χ0n) is 10.9. The largest absolute Gasteiger partial charge is 0.495 e. The van der Waals surface area contributed by atoms with Gasteiger partial charge in [-0.3, -0.25) is 4.57 Å². The minimum absolute atomic E-state index is 0.253. The smallest absolute Gasteiger partial charge is 0.205 e. The molecular formula is C14H10BrClFN3O. The number of nitrogens with zero attached hydrogens (tertiary/aromatic N) is 2. The number of benzene rings is 2. The van der Waals surface area contributed by atoms with Crippen LogP contribution in [0.2, 0.25) is 5.02 Å². The van der Waals surface area contributed by atoms with Gasteiger partial charge < -0.3 is 10.5 Å². The van der Waals surface area contributed by atoms with E-state index in [1.165, 1.54) is 13.2 Å². The van der Waals surface area contributed by atoms with Crippen LogP contribution in [0.15, 0.2) is 34.8 Å². The Hall–Kier alpha value is -1.79. The van der Waals surface area contributed by atoms with E-state index in [4.69, 9.17) is 22.1 Å². The molecule has 21 heavy (non-hydrogen) atoms. The number of hydrogen-bond acceptors (Lipinski definition) is 3. The SMILES string of the molecule is COc1ccc(-n2c(N)nc3cc(Br)c(F)cc32)cc1Cl. The molecular weight excluding hydrogens is 361 g/mol. The number of hydrogen-bond donors (Lipinski definition) is 1. The van der Waals surface area contributed by atoms with Crippen LogP contribution in [0.4, 0.5) is 10.3 Å². The first-order chi connectivity index (χ1) is 10.0. The van der Waals surface area contributed by atoms with Crippen molar-refractivity contribution >= 4 is 44.5 Å². The van der Waals surface area contributed by atoms with E-state index < -0.39 is 0 Å². The minimum atomic E-state index is -0.386. The monoisotopic (exact) mass is 369 g/mol. The van der Waals surface area contributed by atoms with Crippen molar-refractivity contribution < 1.29 is 9.13 Å². The van der Waals surface area contributed by atoms with Gasteiger partial charge in [-0.2, -0.15) is 0 Å². The summed E-state index contributed by atoms with van der Waals surface area (Å²) in [6, 6.07) is 8.15. The Morgan fingerprint density at radius 2 is 2.10 bits per heavy atom. The van der Waals surface area contributed by atoms with Crippen molar-refractivity contribution in [2.45, 2.75) is 0 Å². The van der Waals surface area contributed by atoms with Gasteiger partial charge in [-0.15, -0.1) is 0 Å². The van der Waals surface area contributed by atoms with Crippen molar-refractivity contribution in [2.24, 2.45) is 0 Å². The molecule has 0 bridgehead atoms. The van der Waals surface area contributed by atoms with Crippen LogP contribution in [0.1, 0.15) is 0 Å². The Morgan fingerprint density at radius 3 is 2.76 bits per heavy atom. The number of methoxy groups -OCH3 is 1. The Morgan fingerprint density at radius 1 is 1.33 bits per heavy atom. The highest BCUT2D eigenvalue weighted by molar-refractivity contribution is 9.10. The summed E-state index contributed by atoms with van der Waals surface area (Å²) in [6.07, 6.45) is 0. The fourth-order valence-corrected chi connectivity index (χ4v) is 2.74. The fourth-order valence-electron chi connectivity index (χ4n) is 2.16. The van der Waals surface area contributed by atoms with Gasteiger partial charge in [0.15, 0.2) is 0 Å². The molecule has 1 heterocycles. The molecule has 2 aromatic carbocycles. The van der Waals surface area contributed by atoms with Gasteiger partial charge in [0.2, 0.25) is 5.95 Å². The number of halogens is 3. The first-order valence-electron chi connectivity index (χ1n) is 5.98. The van der Waals surface area contributed by atoms with Crippen molar-refractivity contribution in [2.75, 3.05) is 12.8 Å². The van der Waals surface area contributed by atoms with Gasteiger partial charge in [0, 0.05) is 6.07 Å². The molecule has 0 radical (unpaired) electrons. The van der Waals surface area contributed by atoms with E-state index in [0.717, 1.165) is 0 Å². The van der Waals surface area contributed by atoms with Crippen LogP contribution in [-0.4, -0.2) is 16.7 Å². The first-order valence-corrected chi connectivity index (χ1v) is 7.15. The van der Waals surface area contributed by atoms with Crippen LogP contribution in [0.5, 0.6) is 5.75 Å². The van der Waals surface area contributed by atoms with Crippen LogP contribution in [-0.2, 0) is 0 Å². The molecule has 0 spiro atoms. The second kappa shape index (κ2) is 5.20. The van der Waals surface area contributed by atoms with Gasteiger partial charge in [-0.25, -0.2) is 9.37 Å². The van der Waals surface area contributed by atoms with Crippen molar-refractivity contribution in [3.8, 4) is 11.4 Å². The van der Waals surface area contributed by atoms with Gasteiger partial charge in [0.25, 0.3) is 0 Å². The zero-order valence-corrected chi connectivity index (χ0v) is 13.2. The maximum Gasteiger partial charge on any atom is 0.205 e. The van der Waals surface area contributed by atoms with E-state index in [-0.39, 0.29) is 11.8 Å². The predicted molar refractivity (Wildman–Crippen MR) is 84.7 cm³/mol. The van der Waals surface area contributed by atoms with Gasteiger partial charge in [0.1, 0.15) is 11.6 Å². The van der Waals surface area contributed by atoms with Gasteiger partial charge in [-0.05, 0) is 40.2 Å².